The van der Waals surface area contributed by atoms with Crippen molar-refractivity contribution in [1.82, 2.24) is 9.80 Å². The van der Waals surface area contributed by atoms with Crippen LogP contribution in [0.5, 0.6) is 5.75 Å². The SMILES string of the molecule is COc1ccc(C(O)CN(C)C(=O)C2CCN(C(=O)OC(C)(C)C)CC2)cc1. The van der Waals surface area contributed by atoms with Gasteiger partial charge < -0.3 is 24.4 Å². The first-order chi connectivity index (χ1) is 13.1. The van der Waals surface area contributed by atoms with Gasteiger partial charge >= 0.3 is 6.09 Å². The van der Waals surface area contributed by atoms with Gasteiger partial charge in [-0.05, 0) is 51.3 Å². The van der Waals surface area contributed by atoms with Gasteiger partial charge in [-0.3, -0.25) is 4.79 Å². The normalized spacial score (nSPS) is 16.4. The standard InChI is InChI=1S/C21H32N2O5/c1-21(2,3)28-20(26)23-12-10-16(11-13-23)19(25)22(4)14-18(24)15-6-8-17(27-5)9-7-15/h6-9,16,18,24H,10-14H2,1-5H3. The smallest absolute Gasteiger partial charge is 0.410 e. The van der Waals surface area contributed by atoms with Crippen molar-refractivity contribution in [3.8, 4) is 5.75 Å². The van der Waals surface area contributed by atoms with Crippen molar-refractivity contribution in [1.29, 1.82) is 0 Å². The highest BCUT2D eigenvalue weighted by Crippen LogP contribution is 2.23. The zero-order valence-electron chi connectivity index (χ0n) is 17.5. The predicted molar refractivity (Wildman–Crippen MR) is 106 cm³/mol. The van der Waals surface area contributed by atoms with E-state index in [9.17, 15) is 14.7 Å². The van der Waals surface area contributed by atoms with Gasteiger partial charge in [-0.1, -0.05) is 12.1 Å². The summed E-state index contributed by atoms with van der Waals surface area (Å²) in [6.45, 7) is 6.73. The molecular formula is C21H32N2O5. The van der Waals surface area contributed by atoms with Gasteiger partial charge in [0.25, 0.3) is 0 Å². The number of methoxy groups -OCH3 is 1. The number of piperidine rings is 1. The molecule has 0 radical (unpaired) electrons. The molecule has 0 saturated carbocycles. The molecule has 1 heterocycles. The van der Waals surface area contributed by atoms with Crippen LogP contribution < -0.4 is 4.74 Å². The lowest BCUT2D eigenvalue weighted by Gasteiger charge is -2.34. The summed E-state index contributed by atoms with van der Waals surface area (Å²) in [6, 6.07) is 7.15. The van der Waals surface area contributed by atoms with E-state index in [1.54, 1.807) is 48.2 Å². The van der Waals surface area contributed by atoms with Crippen molar-refractivity contribution in [2.24, 2.45) is 5.92 Å². The zero-order chi connectivity index (χ0) is 20.9. The van der Waals surface area contributed by atoms with Crippen molar-refractivity contribution in [3.63, 3.8) is 0 Å². The second-order valence-electron chi connectivity index (χ2n) is 8.25. The van der Waals surface area contributed by atoms with E-state index in [0.29, 0.717) is 25.9 Å². The molecule has 1 unspecified atom stereocenters. The molecule has 1 aliphatic heterocycles. The highest BCUT2D eigenvalue weighted by Gasteiger charge is 2.31. The largest absolute Gasteiger partial charge is 0.497 e. The first kappa shape index (κ1) is 22.0. The summed E-state index contributed by atoms with van der Waals surface area (Å²) in [6.07, 6.45) is 0.102. The third-order valence-corrected chi connectivity index (χ3v) is 4.82. The molecule has 28 heavy (non-hydrogen) atoms. The molecular weight excluding hydrogens is 360 g/mol. The number of aliphatic hydroxyl groups is 1. The number of carbonyl (C=O) groups is 2. The Morgan fingerprint density at radius 3 is 2.29 bits per heavy atom. The molecule has 7 nitrogen and oxygen atoms in total. The Balaban J connectivity index is 1.84. The second kappa shape index (κ2) is 9.28. The van der Waals surface area contributed by atoms with Crippen LogP contribution in [0.1, 0.15) is 45.3 Å². The monoisotopic (exact) mass is 392 g/mol. The van der Waals surface area contributed by atoms with E-state index in [1.807, 2.05) is 20.8 Å². The molecule has 0 spiro atoms. The van der Waals surface area contributed by atoms with E-state index in [0.717, 1.165) is 11.3 Å². The van der Waals surface area contributed by atoms with Gasteiger partial charge in [0.1, 0.15) is 11.4 Å². The average Bonchev–Trinajstić information content (AvgIpc) is 2.66. The highest BCUT2D eigenvalue weighted by atomic mass is 16.6. The average molecular weight is 392 g/mol. The van der Waals surface area contributed by atoms with Crippen molar-refractivity contribution in [2.75, 3.05) is 33.8 Å². The van der Waals surface area contributed by atoms with E-state index < -0.39 is 11.7 Å². The van der Waals surface area contributed by atoms with Crippen LogP contribution in [0, 0.1) is 5.92 Å². The van der Waals surface area contributed by atoms with E-state index in [1.165, 1.54) is 0 Å². The maximum absolute atomic E-state index is 12.7. The van der Waals surface area contributed by atoms with Crippen LogP contribution in [0.15, 0.2) is 24.3 Å². The Labute approximate surface area is 167 Å². The van der Waals surface area contributed by atoms with Gasteiger partial charge in [-0.2, -0.15) is 0 Å². The van der Waals surface area contributed by atoms with Crippen LogP contribution in [0.3, 0.4) is 0 Å². The molecule has 1 N–H and O–H groups in total. The lowest BCUT2D eigenvalue weighted by atomic mass is 9.95. The first-order valence-corrected chi connectivity index (χ1v) is 9.65. The minimum atomic E-state index is -0.762. The van der Waals surface area contributed by atoms with Gasteiger partial charge in [-0.25, -0.2) is 4.79 Å². The predicted octanol–water partition coefficient (Wildman–Crippen LogP) is 2.83. The third-order valence-electron chi connectivity index (χ3n) is 4.82. The molecule has 0 bridgehead atoms. The number of hydrogen-bond acceptors (Lipinski definition) is 5. The van der Waals surface area contributed by atoms with Crippen molar-refractivity contribution >= 4 is 12.0 Å². The van der Waals surface area contributed by atoms with Crippen molar-refractivity contribution in [2.45, 2.75) is 45.3 Å². The number of benzene rings is 1. The molecule has 1 saturated heterocycles. The Bertz CT molecular complexity index is 660. The van der Waals surface area contributed by atoms with Crippen LogP contribution >= 0.6 is 0 Å². The van der Waals surface area contributed by atoms with Gasteiger partial charge in [0.15, 0.2) is 0 Å². The highest BCUT2D eigenvalue weighted by molar-refractivity contribution is 5.79. The zero-order valence-corrected chi connectivity index (χ0v) is 17.5. The number of hydrogen-bond donors (Lipinski definition) is 1. The summed E-state index contributed by atoms with van der Waals surface area (Å²) in [5.41, 5.74) is 0.210. The number of aliphatic hydroxyl groups excluding tert-OH is 1. The topological polar surface area (TPSA) is 79.3 Å². The molecule has 1 aromatic carbocycles. The number of likely N-dealkylation sites (N-methyl/N-ethyl adjacent to an activating group) is 1. The van der Waals surface area contributed by atoms with Crippen LogP contribution in [0.2, 0.25) is 0 Å². The fourth-order valence-electron chi connectivity index (χ4n) is 3.23. The lowest BCUT2D eigenvalue weighted by Crippen LogP contribution is -2.45. The Morgan fingerprint density at radius 1 is 1.21 bits per heavy atom. The summed E-state index contributed by atoms with van der Waals surface area (Å²) in [7, 11) is 3.29. The number of ether oxygens (including phenoxy) is 2. The lowest BCUT2D eigenvalue weighted by molar-refractivity contribution is -0.137. The number of likely N-dealkylation sites (tertiary alicyclic amines) is 1. The fraction of sp³-hybridized carbons (Fsp3) is 0.619. The number of rotatable bonds is 5. The summed E-state index contributed by atoms with van der Waals surface area (Å²) < 4.78 is 10.5. The molecule has 2 amide bonds. The van der Waals surface area contributed by atoms with E-state index in [2.05, 4.69) is 0 Å². The van der Waals surface area contributed by atoms with Crippen LogP contribution in [-0.4, -0.2) is 66.3 Å². The van der Waals surface area contributed by atoms with E-state index in [4.69, 9.17) is 9.47 Å². The number of amides is 2. The van der Waals surface area contributed by atoms with Crippen LogP contribution in [0.4, 0.5) is 4.79 Å². The molecule has 0 aliphatic carbocycles. The maximum atomic E-state index is 12.7. The molecule has 1 atom stereocenters. The summed E-state index contributed by atoms with van der Waals surface area (Å²) in [4.78, 5) is 28.1. The third kappa shape index (κ3) is 6.12. The Hall–Kier alpha value is -2.28. The fourth-order valence-corrected chi connectivity index (χ4v) is 3.23. The second-order valence-corrected chi connectivity index (χ2v) is 8.25. The number of carbonyl (C=O) groups excluding carboxylic acids is 2. The Morgan fingerprint density at radius 2 is 1.79 bits per heavy atom. The summed E-state index contributed by atoms with van der Waals surface area (Å²) in [5, 5.41) is 10.4. The van der Waals surface area contributed by atoms with Crippen LogP contribution in [0.25, 0.3) is 0 Å². The summed E-state index contributed by atoms with van der Waals surface area (Å²) in [5.74, 6) is 0.570. The van der Waals surface area contributed by atoms with Crippen molar-refractivity contribution in [3.05, 3.63) is 29.8 Å². The van der Waals surface area contributed by atoms with Crippen LogP contribution in [-0.2, 0) is 9.53 Å². The molecule has 156 valence electrons. The van der Waals surface area contributed by atoms with Gasteiger partial charge in [0.2, 0.25) is 5.91 Å². The Kier molecular flexibility index (Phi) is 7.29. The molecule has 1 aromatic rings. The number of nitrogens with zero attached hydrogens (tertiary/aromatic N) is 2. The van der Waals surface area contributed by atoms with Crippen molar-refractivity contribution < 1.29 is 24.2 Å². The quantitative estimate of drug-likeness (QED) is 0.834. The summed E-state index contributed by atoms with van der Waals surface area (Å²) >= 11 is 0. The molecule has 2 rings (SSSR count). The maximum Gasteiger partial charge on any atom is 0.410 e. The van der Waals surface area contributed by atoms with Gasteiger partial charge in [0.05, 0.1) is 19.8 Å². The van der Waals surface area contributed by atoms with E-state index in [-0.39, 0.29) is 24.5 Å². The molecule has 1 aliphatic rings. The first-order valence-electron chi connectivity index (χ1n) is 9.65. The molecule has 0 aromatic heterocycles. The minimum Gasteiger partial charge on any atom is -0.497 e. The minimum absolute atomic E-state index is 0.00333. The van der Waals surface area contributed by atoms with Gasteiger partial charge in [0, 0.05) is 26.1 Å². The molecule has 7 heteroatoms. The van der Waals surface area contributed by atoms with E-state index >= 15 is 0 Å². The molecule has 1 fully saturated rings. The van der Waals surface area contributed by atoms with Gasteiger partial charge in [-0.15, -0.1) is 0 Å².